The summed E-state index contributed by atoms with van der Waals surface area (Å²) in [6.07, 6.45) is 1.27. The minimum absolute atomic E-state index is 0.0240. The molecule has 114 valence electrons. The molecule has 0 bridgehead atoms. The van der Waals surface area contributed by atoms with E-state index in [0.717, 1.165) is 11.3 Å². The first kappa shape index (κ1) is 15.8. The molecule has 0 aliphatic heterocycles. The summed E-state index contributed by atoms with van der Waals surface area (Å²) in [6, 6.07) is 1.47. The molecule has 1 amide bonds. The molecule has 0 aliphatic carbocycles. The Morgan fingerprint density at radius 1 is 1.48 bits per heavy atom. The van der Waals surface area contributed by atoms with Crippen molar-refractivity contribution in [2.75, 3.05) is 18.8 Å². The number of carbonyl (C=O) groups is 1. The highest BCUT2D eigenvalue weighted by molar-refractivity contribution is 7.94. The molecule has 0 saturated carbocycles. The van der Waals surface area contributed by atoms with E-state index in [1.807, 2.05) is 0 Å². The predicted octanol–water partition coefficient (Wildman–Crippen LogP) is 1.94. The number of hydrogen-bond donors (Lipinski definition) is 2. The Morgan fingerprint density at radius 2 is 2.14 bits per heavy atom. The summed E-state index contributed by atoms with van der Waals surface area (Å²) in [7, 11) is -0.694. The van der Waals surface area contributed by atoms with E-state index >= 15 is 0 Å². The van der Waals surface area contributed by atoms with Crippen LogP contribution in [0.1, 0.15) is 15.9 Å². The molecule has 2 aromatic rings. The molecule has 2 aromatic heterocycles. The van der Waals surface area contributed by atoms with Crippen LogP contribution in [0.3, 0.4) is 0 Å². The lowest BCUT2D eigenvalue weighted by atomic mass is 10.3. The highest BCUT2D eigenvalue weighted by Crippen LogP contribution is 2.31. The van der Waals surface area contributed by atoms with Crippen LogP contribution in [-0.4, -0.2) is 43.5 Å². The number of aromatic nitrogens is 2. The van der Waals surface area contributed by atoms with E-state index in [1.54, 1.807) is 21.0 Å². The van der Waals surface area contributed by atoms with Gasteiger partial charge in [-0.1, -0.05) is 11.6 Å². The van der Waals surface area contributed by atoms with E-state index in [0.29, 0.717) is 9.90 Å². The maximum Gasteiger partial charge on any atom is 0.272 e. The van der Waals surface area contributed by atoms with Gasteiger partial charge in [0, 0.05) is 14.1 Å². The van der Waals surface area contributed by atoms with Gasteiger partial charge in [-0.15, -0.1) is 11.3 Å². The molecule has 0 saturated heterocycles. The second kappa shape index (κ2) is 5.66. The van der Waals surface area contributed by atoms with Gasteiger partial charge < -0.3 is 4.90 Å². The van der Waals surface area contributed by atoms with Crippen LogP contribution in [0.4, 0.5) is 5.82 Å². The highest BCUT2D eigenvalue weighted by Gasteiger charge is 2.23. The minimum atomic E-state index is -3.82. The Kier molecular flexibility index (Phi) is 4.26. The fraction of sp³-hybridized carbons (Fsp3) is 0.273. The third kappa shape index (κ3) is 3.20. The molecule has 0 radical (unpaired) electrons. The lowest BCUT2D eigenvalue weighted by Crippen LogP contribution is -2.23. The number of H-pyrrole nitrogens is 1. The number of anilines is 1. The molecule has 0 aromatic carbocycles. The Morgan fingerprint density at radius 3 is 2.67 bits per heavy atom. The van der Waals surface area contributed by atoms with Crippen molar-refractivity contribution in [1.82, 2.24) is 15.1 Å². The fourth-order valence-corrected chi connectivity index (χ4v) is 4.26. The van der Waals surface area contributed by atoms with Crippen molar-refractivity contribution < 1.29 is 13.2 Å². The van der Waals surface area contributed by atoms with Crippen molar-refractivity contribution in [3.8, 4) is 0 Å². The van der Waals surface area contributed by atoms with Crippen LogP contribution in [0.25, 0.3) is 0 Å². The number of sulfonamides is 1. The van der Waals surface area contributed by atoms with Crippen LogP contribution in [0.2, 0.25) is 4.34 Å². The molecule has 7 nitrogen and oxygen atoms in total. The third-order valence-corrected chi connectivity index (χ3v) is 5.99. The summed E-state index contributed by atoms with van der Waals surface area (Å²) in [5.74, 6) is -0.335. The molecule has 0 fully saturated rings. The van der Waals surface area contributed by atoms with Gasteiger partial charge >= 0.3 is 0 Å². The smallest absolute Gasteiger partial charge is 0.272 e. The molecule has 0 atom stereocenters. The van der Waals surface area contributed by atoms with Crippen LogP contribution in [-0.2, 0) is 10.0 Å². The summed E-state index contributed by atoms with van der Waals surface area (Å²) in [4.78, 5) is 13.2. The van der Waals surface area contributed by atoms with Gasteiger partial charge in [0.05, 0.1) is 10.5 Å². The molecular formula is C11H13ClN4O3S2. The lowest BCUT2D eigenvalue weighted by Gasteiger charge is -2.10. The molecule has 10 heteroatoms. The van der Waals surface area contributed by atoms with Crippen molar-refractivity contribution in [2.24, 2.45) is 0 Å². The van der Waals surface area contributed by atoms with Crippen LogP contribution >= 0.6 is 22.9 Å². The number of aryl methyl sites for hydroxylation is 1. The second-order valence-electron chi connectivity index (χ2n) is 4.49. The summed E-state index contributed by atoms with van der Waals surface area (Å²) in [5, 5.41) is 6.18. The van der Waals surface area contributed by atoms with Crippen molar-refractivity contribution in [2.45, 2.75) is 11.1 Å². The lowest BCUT2D eigenvalue weighted by molar-refractivity contribution is 0.0828. The Hall–Kier alpha value is -1.58. The van der Waals surface area contributed by atoms with Crippen molar-refractivity contribution >= 4 is 44.7 Å². The Balaban J connectivity index is 2.34. The molecule has 21 heavy (non-hydrogen) atoms. The molecule has 0 unspecified atom stereocenters. The van der Waals surface area contributed by atoms with E-state index in [9.17, 15) is 13.2 Å². The monoisotopic (exact) mass is 348 g/mol. The average molecular weight is 349 g/mol. The van der Waals surface area contributed by atoms with Gasteiger partial charge in [0.1, 0.15) is 15.6 Å². The average Bonchev–Trinajstić information content (AvgIpc) is 2.96. The van der Waals surface area contributed by atoms with Crippen molar-refractivity contribution in [3.63, 3.8) is 0 Å². The number of rotatable bonds is 4. The number of carbonyl (C=O) groups excluding carboxylic acids is 1. The second-order valence-corrected chi connectivity index (χ2v) is 8.05. The van der Waals surface area contributed by atoms with Crippen molar-refractivity contribution in [3.05, 3.63) is 27.7 Å². The Bertz CT molecular complexity index is 760. The fourth-order valence-electron chi connectivity index (χ4n) is 1.52. The summed E-state index contributed by atoms with van der Waals surface area (Å²) in [5.41, 5.74) is 0.819. The number of thiophene rings is 1. The molecule has 0 spiro atoms. The van der Waals surface area contributed by atoms with Crippen LogP contribution in [0, 0.1) is 6.92 Å². The topological polar surface area (TPSA) is 95.2 Å². The zero-order chi connectivity index (χ0) is 15.8. The number of aromatic amines is 1. The number of amides is 1. The number of nitrogens with one attached hydrogen (secondary N) is 2. The van der Waals surface area contributed by atoms with Gasteiger partial charge in [0.25, 0.3) is 15.9 Å². The number of halogens is 1. The maximum atomic E-state index is 12.3. The molecule has 2 rings (SSSR count). The van der Waals surface area contributed by atoms with E-state index in [4.69, 9.17) is 11.6 Å². The summed E-state index contributed by atoms with van der Waals surface area (Å²) >= 11 is 6.83. The van der Waals surface area contributed by atoms with Gasteiger partial charge in [-0.3, -0.25) is 14.6 Å². The third-order valence-electron chi connectivity index (χ3n) is 2.61. The molecule has 2 N–H and O–H groups in total. The van der Waals surface area contributed by atoms with Crippen LogP contribution < -0.4 is 4.72 Å². The van der Waals surface area contributed by atoms with E-state index in [2.05, 4.69) is 14.9 Å². The standard InChI is InChI=1S/C11H13ClN4O3S2/c1-6-4-8(20-9(6)12)21(18,19)15-10-7(5-13-14-10)11(17)16(2)3/h4-5H,1-3H3,(H2,13,14,15). The predicted molar refractivity (Wildman–Crippen MR) is 81.5 cm³/mol. The minimum Gasteiger partial charge on any atom is -0.345 e. The summed E-state index contributed by atoms with van der Waals surface area (Å²) in [6.45, 7) is 1.72. The van der Waals surface area contributed by atoms with E-state index in [1.165, 1.54) is 17.2 Å². The van der Waals surface area contributed by atoms with E-state index < -0.39 is 10.0 Å². The summed E-state index contributed by atoms with van der Waals surface area (Å²) < 4.78 is 27.4. The zero-order valence-electron chi connectivity index (χ0n) is 11.5. The molecular weight excluding hydrogens is 336 g/mol. The normalized spacial score (nSPS) is 11.4. The number of hydrogen-bond acceptors (Lipinski definition) is 5. The first-order chi connectivity index (χ1) is 9.72. The van der Waals surface area contributed by atoms with Gasteiger partial charge in [0.2, 0.25) is 0 Å². The van der Waals surface area contributed by atoms with Gasteiger partial charge in [0.15, 0.2) is 0 Å². The Labute approximate surface area is 131 Å². The first-order valence-corrected chi connectivity index (χ1v) is 8.44. The SMILES string of the molecule is Cc1cc(S(=O)(=O)Nc2[nH]ncc2C(=O)N(C)C)sc1Cl. The van der Waals surface area contributed by atoms with Crippen LogP contribution in [0.15, 0.2) is 16.5 Å². The molecule has 0 aliphatic rings. The van der Waals surface area contributed by atoms with Gasteiger partial charge in [-0.25, -0.2) is 8.42 Å². The largest absolute Gasteiger partial charge is 0.345 e. The first-order valence-electron chi connectivity index (χ1n) is 5.76. The maximum absolute atomic E-state index is 12.3. The quantitative estimate of drug-likeness (QED) is 0.882. The van der Waals surface area contributed by atoms with Crippen molar-refractivity contribution in [1.29, 1.82) is 0 Å². The highest BCUT2D eigenvalue weighted by atomic mass is 35.5. The number of nitrogens with zero attached hydrogens (tertiary/aromatic N) is 2. The van der Waals surface area contributed by atoms with E-state index in [-0.39, 0.29) is 21.5 Å². The van der Waals surface area contributed by atoms with Gasteiger partial charge in [-0.05, 0) is 18.6 Å². The molecule has 2 heterocycles. The van der Waals surface area contributed by atoms with Gasteiger partial charge in [-0.2, -0.15) is 5.10 Å². The van der Waals surface area contributed by atoms with Crippen LogP contribution in [0.5, 0.6) is 0 Å². The zero-order valence-corrected chi connectivity index (χ0v) is 13.9.